The van der Waals surface area contributed by atoms with Crippen molar-refractivity contribution in [3.63, 3.8) is 0 Å². The van der Waals surface area contributed by atoms with E-state index in [1.807, 2.05) is 26.0 Å². The molecule has 0 saturated heterocycles. The number of fused-ring (bicyclic) bond motifs is 1. The maximum atomic E-state index is 12.8. The minimum Gasteiger partial charge on any atom is -0.220 e. The molecule has 15 heavy (non-hydrogen) atoms. The molecule has 1 aromatic heterocycles. The smallest absolute Gasteiger partial charge is 0.213 e. The molecule has 2 rings (SSSR count). The van der Waals surface area contributed by atoms with E-state index in [9.17, 15) is 4.39 Å². The predicted molar refractivity (Wildman–Crippen MR) is 63.0 cm³/mol. The number of aryl methyl sites for hydroxylation is 2. The number of halogens is 2. The van der Waals surface area contributed by atoms with Gasteiger partial charge in [0.25, 0.3) is 0 Å². The predicted octanol–water partition coefficient (Wildman–Crippen LogP) is 3.85. The lowest BCUT2D eigenvalue weighted by Crippen LogP contribution is -1.87. The van der Waals surface area contributed by atoms with E-state index in [1.54, 1.807) is 6.07 Å². The first-order valence-electron chi connectivity index (χ1n) is 4.58. The summed E-state index contributed by atoms with van der Waals surface area (Å²) in [6.45, 7) is 4.04. The second-order valence-corrected chi connectivity index (χ2v) is 3.26. The monoisotopic (exact) mass is 225 g/mol. The first-order chi connectivity index (χ1) is 7.16. The molecule has 3 heteroatoms. The van der Waals surface area contributed by atoms with E-state index in [2.05, 4.69) is 16.6 Å². The minimum absolute atomic E-state index is 0.421. The highest BCUT2D eigenvalue weighted by Gasteiger charge is 1.99. The lowest BCUT2D eigenvalue weighted by atomic mass is 10.1. The van der Waals surface area contributed by atoms with Gasteiger partial charge >= 0.3 is 0 Å². The molecule has 0 unspecified atom stereocenters. The largest absolute Gasteiger partial charge is 0.220 e. The van der Waals surface area contributed by atoms with Crippen LogP contribution in [0.2, 0.25) is 0 Å². The fraction of sp³-hybridized carbons (Fsp3) is 0.250. The number of rotatable bonds is 0. The number of alkyl halides is 1. The van der Waals surface area contributed by atoms with Gasteiger partial charge in [-0.2, -0.15) is 4.39 Å². The molecule has 0 radical (unpaired) electrons. The number of nitrogens with zero attached hydrogens (tertiary/aromatic N) is 1. The van der Waals surface area contributed by atoms with Crippen molar-refractivity contribution in [2.45, 2.75) is 13.8 Å². The molecule has 0 spiro atoms. The fourth-order valence-corrected chi connectivity index (χ4v) is 1.36. The summed E-state index contributed by atoms with van der Waals surface area (Å²) in [6, 6.07) is 7.08. The summed E-state index contributed by atoms with van der Waals surface area (Å²) in [4.78, 5) is 3.81. The topological polar surface area (TPSA) is 12.9 Å². The van der Waals surface area contributed by atoms with Crippen molar-refractivity contribution in [3.8, 4) is 0 Å². The van der Waals surface area contributed by atoms with E-state index < -0.39 is 5.95 Å². The highest BCUT2D eigenvalue weighted by Crippen LogP contribution is 2.17. The molecule has 0 saturated carbocycles. The zero-order valence-corrected chi connectivity index (χ0v) is 9.77. The average molecular weight is 226 g/mol. The third kappa shape index (κ3) is 2.66. The van der Waals surface area contributed by atoms with Gasteiger partial charge in [-0.3, -0.25) is 0 Å². The molecule has 0 bridgehead atoms. The fourth-order valence-electron chi connectivity index (χ4n) is 1.36. The minimum atomic E-state index is -0.421. The molecule has 1 nitrogen and oxygen atoms in total. The van der Waals surface area contributed by atoms with Crippen molar-refractivity contribution >= 4 is 22.5 Å². The molecule has 0 aliphatic rings. The molecule has 1 heterocycles. The summed E-state index contributed by atoms with van der Waals surface area (Å²) < 4.78 is 12.8. The third-order valence-corrected chi connectivity index (χ3v) is 2.27. The van der Waals surface area contributed by atoms with E-state index in [4.69, 9.17) is 0 Å². The Bertz CT molecular complexity index is 468. The van der Waals surface area contributed by atoms with Gasteiger partial charge in [0.1, 0.15) is 0 Å². The van der Waals surface area contributed by atoms with Crippen LogP contribution >= 0.6 is 11.6 Å². The molecule has 80 valence electrons. The van der Waals surface area contributed by atoms with Gasteiger partial charge in [0.2, 0.25) is 5.95 Å². The molecular formula is C12H13ClFN. The van der Waals surface area contributed by atoms with Crippen molar-refractivity contribution in [2.75, 3.05) is 6.38 Å². The van der Waals surface area contributed by atoms with Crippen LogP contribution in [0.15, 0.2) is 24.3 Å². The van der Waals surface area contributed by atoms with Gasteiger partial charge in [-0.15, -0.1) is 11.6 Å². The van der Waals surface area contributed by atoms with E-state index in [0.29, 0.717) is 0 Å². The van der Waals surface area contributed by atoms with Crippen LogP contribution in [0.3, 0.4) is 0 Å². The summed E-state index contributed by atoms with van der Waals surface area (Å²) in [5.74, 6) is -0.421. The third-order valence-electron chi connectivity index (χ3n) is 2.27. The Morgan fingerprint density at radius 2 is 1.67 bits per heavy atom. The summed E-state index contributed by atoms with van der Waals surface area (Å²) >= 11 is 4.64. The van der Waals surface area contributed by atoms with Crippen LogP contribution in [0.5, 0.6) is 0 Å². The standard InChI is InChI=1S/C11H10FN.CH3Cl/c1-7-5-9-3-4-11(12)13-10(9)6-8(7)2;1-2/h3-6H,1-2H3;1H3. The van der Waals surface area contributed by atoms with Crippen LogP contribution in [0.1, 0.15) is 11.1 Å². The Labute approximate surface area is 93.9 Å². The SMILES string of the molecule is CCl.Cc1cc2ccc(F)nc2cc1C. The first kappa shape index (κ1) is 11.9. The van der Waals surface area contributed by atoms with E-state index in [-0.39, 0.29) is 0 Å². The molecule has 0 atom stereocenters. The lowest BCUT2D eigenvalue weighted by Gasteiger charge is -2.02. The number of hydrogen-bond acceptors (Lipinski definition) is 1. The molecule has 0 aliphatic carbocycles. The Morgan fingerprint density at radius 3 is 2.33 bits per heavy atom. The average Bonchev–Trinajstić information content (AvgIpc) is 2.23. The summed E-state index contributed by atoms with van der Waals surface area (Å²) in [5.41, 5.74) is 3.08. The van der Waals surface area contributed by atoms with Crippen molar-refractivity contribution in [2.24, 2.45) is 0 Å². The maximum absolute atomic E-state index is 12.8. The number of hydrogen-bond donors (Lipinski definition) is 0. The molecule has 2 aromatic rings. The normalized spacial score (nSPS) is 9.67. The van der Waals surface area contributed by atoms with Crippen molar-refractivity contribution in [1.82, 2.24) is 4.98 Å². The zero-order valence-electron chi connectivity index (χ0n) is 9.01. The van der Waals surface area contributed by atoms with Crippen LogP contribution in [-0.4, -0.2) is 11.4 Å². The van der Waals surface area contributed by atoms with Gasteiger partial charge in [0.05, 0.1) is 5.52 Å². The second kappa shape index (κ2) is 5.08. The number of pyridine rings is 1. The van der Waals surface area contributed by atoms with Crippen molar-refractivity contribution < 1.29 is 4.39 Å². The number of benzene rings is 1. The Kier molecular flexibility index (Phi) is 4.04. The van der Waals surface area contributed by atoms with Crippen molar-refractivity contribution in [1.29, 1.82) is 0 Å². The quantitative estimate of drug-likeness (QED) is 0.490. The molecule has 0 aliphatic heterocycles. The van der Waals surface area contributed by atoms with Gasteiger partial charge in [-0.25, -0.2) is 4.98 Å². The van der Waals surface area contributed by atoms with E-state index >= 15 is 0 Å². The molecule has 0 amide bonds. The molecule has 0 N–H and O–H groups in total. The van der Waals surface area contributed by atoms with Crippen LogP contribution in [0, 0.1) is 19.8 Å². The van der Waals surface area contributed by atoms with Gasteiger partial charge in [0.15, 0.2) is 0 Å². The molecular weight excluding hydrogens is 213 g/mol. The zero-order chi connectivity index (χ0) is 11.4. The van der Waals surface area contributed by atoms with Crippen LogP contribution < -0.4 is 0 Å². The first-order valence-corrected chi connectivity index (χ1v) is 5.34. The Balaban J connectivity index is 0.000000531. The van der Waals surface area contributed by atoms with Crippen molar-refractivity contribution in [3.05, 3.63) is 41.3 Å². The number of aromatic nitrogens is 1. The van der Waals surface area contributed by atoms with Crippen LogP contribution in [0.4, 0.5) is 4.39 Å². The van der Waals surface area contributed by atoms with Crippen LogP contribution in [-0.2, 0) is 0 Å². The Hall–Kier alpha value is -1.15. The van der Waals surface area contributed by atoms with E-state index in [1.165, 1.54) is 18.0 Å². The lowest BCUT2D eigenvalue weighted by molar-refractivity contribution is 0.589. The van der Waals surface area contributed by atoms with Gasteiger partial charge < -0.3 is 0 Å². The maximum Gasteiger partial charge on any atom is 0.213 e. The summed E-state index contributed by atoms with van der Waals surface area (Å²) in [7, 11) is 0. The summed E-state index contributed by atoms with van der Waals surface area (Å²) in [6.07, 6.45) is 1.47. The van der Waals surface area contributed by atoms with Gasteiger partial charge in [-0.1, -0.05) is 0 Å². The highest BCUT2D eigenvalue weighted by atomic mass is 35.5. The Morgan fingerprint density at radius 1 is 1.07 bits per heavy atom. The van der Waals surface area contributed by atoms with Gasteiger partial charge in [0, 0.05) is 11.8 Å². The van der Waals surface area contributed by atoms with Crippen LogP contribution in [0.25, 0.3) is 10.9 Å². The molecule has 0 fully saturated rings. The summed E-state index contributed by atoms with van der Waals surface area (Å²) in [5, 5.41) is 0.990. The van der Waals surface area contributed by atoms with Gasteiger partial charge in [-0.05, 0) is 49.2 Å². The van der Waals surface area contributed by atoms with E-state index in [0.717, 1.165) is 16.5 Å². The second-order valence-electron chi connectivity index (χ2n) is 3.26. The molecule has 1 aromatic carbocycles. The highest BCUT2D eigenvalue weighted by molar-refractivity contribution is 6.15.